The molecule has 0 aliphatic carbocycles. The molecule has 18 nitrogen and oxygen atoms in total. The second kappa shape index (κ2) is 16.4. The van der Waals surface area contributed by atoms with Gasteiger partial charge in [-0.2, -0.15) is 0 Å². The molecule has 4 fully saturated rings. The summed E-state index contributed by atoms with van der Waals surface area (Å²) in [5.41, 5.74) is 8.70. The summed E-state index contributed by atoms with van der Waals surface area (Å²) >= 11 is 0. The first-order valence-electron chi connectivity index (χ1n) is 14.2. The smallest absolute Gasteiger partial charge is 0.187 e. The molecular weight excluding hydrogens is 813 g/mol. The number of nitrogens with one attached hydrogen (secondary N) is 1. The number of hydrogen-bond donors (Lipinski definition) is 10. The van der Waals surface area contributed by atoms with Crippen molar-refractivity contribution in [3.05, 3.63) is 5.73 Å². The standard InChI is InChI=1S/C25H44NO17.Ac/c1-6-11(26)21(42-23-18(35)15(32)12(29)7(2)38-23)20(10(5-28)37-6)41-25-22(17(34)14(31)9(4-27)40-25)43-24-19(36)16(33)13(30)8(3)39-24;/h6-36H,4-5H2,1-3H3;/q-1;/t6?,7?,8?,9?,10?,11?,12-,13-,14+,15?,16?,17?,18?,19?,20-,21?,22?,23+,24+,25+;/m1./s1. The Morgan fingerprint density at radius 2 is 0.932 bits per heavy atom. The van der Waals surface area contributed by atoms with Gasteiger partial charge in [-0.3, -0.25) is 0 Å². The van der Waals surface area contributed by atoms with Gasteiger partial charge in [-0.15, -0.1) is 0 Å². The zero-order valence-electron chi connectivity index (χ0n) is 24.4. The Hall–Kier alpha value is 0.722. The Bertz CT molecular complexity index is 898. The molecule has 13 unspecified atom stereocenters. The van der Waals surface area contributed by atoms with Gasteiger partial charge in [0, 0.05) is 50.2 Å². The molecule has 19 heteroatoms. The van der Waals surface area contributed by atoms with E-state index >= 15 is 0 Å². The van der Waals surface area contributed by atoms with Gasteiger partial charge in [0.2, 0.25) is 0 Å². The predicted octanol–water partition coefficient (Wildman–Crippen LogP) is -5.56. The zero-order valence-corrected chi connectivity index (χ0v) is 29.1. The van der Waals surface area contributed by atoms with E-state index in [0.29, 0.717) is 0 Å². The summed E-state index contributed by atoms with van der Waals surface area (Å²) in [6, 6.07) is -1.25. The first-order valence-corrected chi connectivity index (χ1v) is 14.2. The molecule has 4 aliphatic rings. The Labute approximate surface area is 289 Å². The molecular formula is C25H44AcNO17-. The monoisotopic (exact) mass is 857 g/mol. The first kappa shape index (κ1) is 39.2. The van der Waals surface area contributed by atoms with Crippen LogP contribution in [-0.4, -0.2) is 187 Å². The minimum atomic E-state index is -1.84. The van der Waals surface area contributed by atoms with Gasteiger partial charge >= 0.3 is 0 Å². The van der Waals surface area contributed by atoms with Crippen LogP contribution in [0, 0.1) is 44.1 Å². The van der Waals surface area contributed by atoms with Gasteiger partial charge in [-0.1, -0.05) is 6.04 Å². The summed E-state index contributed by atoms with van der Waals surface area (Å²) in [4.78, 5) is 0. The van der Waals surface area contributed by atoms with Crippen molar-refractivity contribution in [2.45, 2.75) is 143 Å². The van der Waals surface area contributed by atoms with Crippen molar-refractivity contribution < 1.29 is 128 Å². The number of rotatable bonds is 8. The Morgan fingerprint density at radius 1 is 0.477 bits per heavy atom. The maximum atomic E-state index is 11.0. The first-order chi connectivity index (χ1) is 20.2. The molecule has 0 bridgehead atoms. The Balaban J connectivity index is 0.00000529. The average Bonchev–Trinajstić information content (AvgIpc) is 2.98. The second-order valence-corrected chi connectivity index (χ2v) is 11.5. The van der Waals surface area contributed by atoms with Gasteiger partial charge in [0.1, 0.15) is 73.2 Å². The average molecular weight is 858 g/mol. The number of aliphatic hydroxyl groups is 10. The summed E-state index contributed by atoms with van der Waals surface area (Å²) in [5.74, 6) is 0. The summed E-state index contributed by atoms with van der Waals surface area (Å²) in [6.45, 7) is 2.91. The molecule has 11 N–H and O–H groups in total. The van der Waals surface area contributed by atoms with E-state index in [4.69, 9.17) is 38.9 Å². The normalized spacial score (nSPS) is 53.6. The molecule has 0 spiro atoms. The fourth-order valence-corrected chi connectivity index (χ4v) is 5.62. The van der Waals surface area contributed by atoms with Crippen molar-refractivity contribution >= 4 is 0 Å². The molecule has 4 aliphatic heterocycles. The van der Waals surface area contributed by atoms with Crippen LogP contribution in [0.5, 0.6) is 0 Å². The SMILES string of the molecule is CC1OC(CO)[C@@H](O[C@@H]2OC(CO)[C@H](O)C(O)C2O[C@@H]2OC(C)[C@@H](O)C(O)C2O)C(O[C@@H]2OC(C)[C@@H](O)C(O)C2O)C1[NH-].[Ac]. The molecule has 44 heavy (non-hydrogen) atoms. The minimum Gasteiger partial charge on any atom is -0.670 e. The van der Waals surface area contributed by atoms with Crippen LogP contribution >= 0.6 is 0 Å². The molecule has 0 aromatic rings. The molecule has 0 aromatic heterocycles. The van der Waals surface area contributed by atoms with Crippen molar-refractivity contribution in [1.82, 2.24) is 0 Å². The van der Waals surface area contributed by atoms with Crippen LogP contribution in [0.2, 0.25) is 0 Å². The van der Waals surface area contributed by atoms with E-state index in [9.17, 15) is 51.1 Å². The van der Waals surface area contributed by atoms with E-state index in [2.05, 4.69) is 0 Å². The third kappa shape index (κ3) is 7.95. The van der Waals surface area contributed by atoms with Crippen molar-refractivity contribution in [2.75, 3.05) is 13.2 Å². The van der Waals surface area contributed by atoms with E-state index in [1.54, 1.807) is 0 Å². The maximum Gasteiger partial charge on any atom is 0.187 e. The summed E-state index contributed by atoms with van der Waals surface area (Å²) in [6.07, 6.45) is -28.2. The van der Waals surface area contributed by atoms with Gasteiger partial charge in [0.05, 0.1) is 31.5 Å². The van der Waals surface area contributed by atoms with Crippen molar-refractivity contribution in [3.63, 3.8) is 0 Å². The van der Waals surface area contributed by atoms with Gasteiger partial charge in [-0.05, 0) is 20.8 Å². The quantitative estimate of drug-likeness (QED) is 0.109. The predicted molar refractivity (Wildman–Crippen MR) is 137 cm³/mol. The largest absolute Gasteiger partial charge is 0.670 e. The Morgan fingerprint density at radius 3 is 1.41 bits per heavy atom. The van der Waals surface area contributed by atoms with Crippen LogP contribution in [0.4, 0.5) is 0 Å². The third-order valence-electron chi connectivity index (χ3n) is 8.43. The third-order valence-corrected chi connectivity index (χ3v) is 8.43. The molecule has 1 radical (unpaired) electrons. The van der Waals surface area contributed by atoms with Crippen molar-refractivity contribution in [3.8, 4) is 0 Å². The van der Waals surface area contributed by atoms with Crippen LogP contribution in [0.1, 0.15) is 20.8 Å². The van der Waals surface area contributed by atoms with Gasteiger partial charge in [0.15, 0.2) is 18.9 Å². The molecule has 255 valence electrons. The van der Waals surface area contributed by atoms with E-state index in [-0.39, 0.29) is 44.1 Å². The van der Waals surface area contributed by atoms with Crippen LogP contribution in [0.15, 0.2) is 0 Å². The minimum absolute atomic E-state index is 0. The van der Waals surface area contributed by atoms with Crippen LogP contribution in [0.3, 0.4) is 0 Å². The van der Waals surface area contributed by atoms with Gasteiger partial charge < -0.3 is 90.0 Å². The summed E-state index contributed by atoms with van der Waals surface area (Å²) in [7, 11) is 0. The van der Waals surface area contributed by atoms with E-state index in [0.717, 1.165) is 0 Å². The fraction of sp³-hybridized carbons (Fsp3) is 1.00. The topological polar surface area (TPSA) is 291 Å². The molecule has 0 amide bonds. The number of ether oxygens (including phenoxy) is 7. The van der Waals surface area contributed by atoms with Crippen LogP contribution in [0.25, 0.3) is 5.73 Å². The molecule has 4 saturated heterocycles. The molecule has 0 saturated carbocycles. The van der Waals surface area contributed by atoms with Crippen molar-refractivity contribution in [2.24, 2.45) is 0 Å². The van der Waals surface area contributed by atoms with E-state index in [1.165, 1.54) is 20.8 Å². The summed E-state index contributed by atoms with van der Waals surface area (Å²) in [5, 5.41) is 103. The van der Waals surface area contributed by atoms with Gasteiger partial charge in [-0.25, -0.2) is 0 Å². The van der Waals surface area contributed by atoms with Crippen molar-refractivity contribution in [1.29, 1.82) is 0 Å². The van der Waals surface area contributed by atoms with Gasteiger partial charge in [0.25, 0.3) is 0 Å². The number of hydrogen-bond acceptors (Lipinski definition) is 17. The molecule has 4 rings (SSSR count). The second-order valence-electron chi connectivity index (χ2n) is 11.5. The zero-order chi connectivity index (χ0) is 31.9. The van der Waals surface area contributed by atoms with E-state index < -0.39 is 136 Å². The Kier molecular flexibility index (Phi) is 14.6. The molecule has 20 atom stereocenters. The van der Waals surface area contributed by atoms with Crippen LogP contribution < -0.4 is 0 Å². The fourth-order valence-electron chi connectivity index (χ4n) is 5.62. The summed E-state index contributed by atoms with van der Waals surface area (Å²) < 4.78 is 40.1. The maximum absolute atomic E-state index is 11.0. The van der Waals surface area contributed by atoms with E-state index in [1.807, 2.05) is 0 Å². The van der Waals surface area contributed by atoms with Crippen LogP contribution in [-0.2, 0) is 33.2 Å². The molecule has 4 heterocycles. The number of aliphatic hydroxyl groups excluding tert-OH is 10. The molecule has 0 aromatic carbocycles.